The number of nitrogens with two attached hydrogens (primary N) is 1. The van der Waals surface area contributed by atoms with E-state index in [1.54, 1.807) is 0 Å². The third-order valence-corrected chi connectivity index (χ3v) is 3.72. The molecule has 0 amide bonds. The van der Waals surface area contributed by atoms with E-state index in [-0.39, 0.29) is 0 Å². The number of benzene rings is 2. The van der Waals surface area contributed by atoms with Crippen molar-refractivity contribution < 1.29 is 0 Å². The van der Waals surface area contributed by atoms with Crippen molar-refractivity contribution in [3.63, 3.8) is 0 Å². The minimum absolute atomic E-state index is 0.720. The number of hydrogen-bond donors (Lipinski definition) is 2. The fourth-order valence-electron chi connectivity index (χ4n) is 2.14. The Morgan fingerprint density at radius 1 is 1.21 bits per heavy atom. The van der Waals surface area contributed by atoms with Crippen molar-refractivity contribution in [2.45, 2.75) is 13.3 Å². The van der Waals surface area contributed by atoms with E-state index in [9.17, 15) is 0 Å². The van der Waals surface area contributed by atoms with E-state index in [1.807, 2.05) is 24.3 Å². The molecule has 0 atom stereocenters. The van der Waals surface area contributed by atoms with E-state index in [4.69, 9.17) is 5.73 Å². The summed E-state index contributed by atoms with van der Waals surface area (Å²) >= 11 is 3.46. The second-order valence-electron chi connectivity index (χ2n) is 4.52. The van der Waals surface area contributed by atoms with Crippen LogP contribution in [0.3, 0.4) is 0 Å². The lowest BCUT2D eigenvalue weighted by Crippen LogP contribution is -1.91. The van der Waals surface area contributed by atoms with Gasteiger partial charge in [-0.15, -0.1) is 0 Å². The number of aromatic amines is 1. The average molecular weight is 316 g/mol. The Hall–Kier alpha value is -1.81. The van der Waals surface area contributed by atoms with Gasteiger partial charge < -0.3 is 10.7 Å². The lowest BCUT2D eigenvalue weighted by molar-refractivity contribution is 1.14. The van der Waals surface area contributed by atoms with Gasteiger partial charge in [-0.2, -0.15) is 0 Å². The predicted octanol–water partition coefficient (Wildman–Crippen LogP) is 4.14. The first-order valence-corrected chi connectivity index (χ1v) is 7.00. The van der Waals surface area contributed by atoms with Crippen molar-refractivity contribution in [2.75, 3.05) is 5.73 Å². The molecule has 96 valence electrons. The number of aryl methyl sites for hydroxylation is 1. The van der Waals surface area contributed by atoms with Crippen LogP contribution in [-0.2, 0) is 6.42 Å². The Morgan fingerprint density at radius 2 is 2.05 bits per heavy atom. The number of nitrogens with zero attached hydrogens (tertiary/aromatic N) is 1. The molecule has 0 radical (unpaired) electrons. The molecule has 3 N–H and O–H groups in total. The maximum atomic E-state index is 6.02. The molecular formula is C15H14BrN3. The van der Waals surface area contributed by atoms with Crippen LogP contribution in [0.15, 0.2) is 40.9 Å². The van der Waals surface area contributed by atoms with Gasteiger partial charge in [0.15, 0.2) is 0 Å². The minimum atomic E-state index is 0.720. The highest BCUT2D eigenvalue weighted by Gasteiger charge is 2.09. The molecule has 3 rings (SSSR count). The van der Waals surface area contributed by atoms with Crippen molar-refractivity contribution >= 4 is 32.7 Å². The number of rotatable bonds is 2. The molecule has 19 heavy (non-hydrogen) atoms. The fourth-order valence-corrected chi connectivity index (χ4v) is 2.50. The highest BCUT2D eigenvalue weighted by atomic mass is 79.9. The van der Waals surface area contributed by atoms with Gasteiger partial charge >= 0.3 is 0 Å². The van der Waals surface area contributed by atoms with Crippen LogP contribution in [0.25, 0.3) is 22.4 Å². The van der Waals surface area contributed by atoms with Crippen molar-refractivity contribution in [1.82, 2.24) is 9.97 Å². The van der Waals surface area contributed by atoms with E-state index >= 15 is 0 Å². The Bertz CT molecular complexity index is 746. The Balaban J connectivity index is 2.17. The van der Waals surface area contributed by atoms with E-state index in [2.05, 4.69) is 45.0 Å². The number of anilines is 1. The zero-order valence-corrected chi connectivity index (χ0v) is 12.2. The van der Waals surface area contributed by atoms with E-state index < -0.39 is 0 Å². The molecule has 0 fully saturated rings. The van der Waals surface area contributed by atoms with E-state index in [1.165, 1.54) is 5.56 Å². The third-order valence-electron chi connectivity index (χ3n) is 3.22. The van der Waals surface area contributed by atoms with Crippen LogP contribution < -0.4 is 5.73 Å². The van der Waals surface area contributed by atoms with Gasteiger partial charge in [-0.05, 0) is 42.3 Å². The van der Waals surface area contributed by atoms with E-state index in [0.29, 0.717) is 0 Å². The van der Waals surface area contributed by atoms with Crippen LogP contribution in [0.2, 0.25) is 0 Å². The molecule has 1 heterocycles. The maximum Gasteiger partial charge on any atom is 0.140 e. The van der Waals surface area contributed by atoms with Gasteiger partial charge in [-0.25, -0.2) is 4.98 Å². The predicted molar refractivity (Wildman–Crippen MR) is 83.0 cm³/mol. The zero-order chi connectivity index (χ0) is 13.4. The van der Waals surface area contributed by atoms with Gasteiger partial charge in [-0.1, -0.05) is 28.9 Å². The molecule has 0 saturated heterocycles. The maximum absolute atomic E-state index is 6.02. The van der Waals surface area contributed by atoms with Crippen LogP contribution >= 0.6 is 15.9 Å². The van der Waals surface area contributed by atoms with Gasteiger partial charge in [0.1, 0.15) is 5.82 Å². The first kappa shape index (κ1) is 12.2. The lowest BCUT2D eigenvalue weighted by atomic mass is 10.1. The largest absolute Gasteiger partial charge is 0.398 e. The molecule has 0 aliphatic rings. The number of nitrogens with one attached hydrogen (secondary N) is 1. The van der Waals surface area contributed by atoms with Crippen molar-refractivity contribution in [3.8, 4) is 11.4 Å². The highest BCUT2D eigenvalue weighted by Crippen LogP contribution is 2.28. The number of hydrogen-bond acceptors (Lipinski definition) is 2. The monoisotopic (exact) mass is 315 g/mol. The summed E-state index contributed by atoms with van der Waals surface area (Å²) in [5, 5.41) is 0. The molecule has 3 aromatic rings. The molecule has 0 unspecified atom stereocenters. The molecule has 2 aromatic carbocycles. The highest BCUT2D eigenvalue weighted by molar-refractivity contribution is 9.10. The Morgan fingerprint density at radius 3 is 2.84 bits per heavy atom. The number of H-pyrrole nitrogens is 1. The first-order chi connectivity index (χ1) is 9.17. The molecule has 0 saturated carbocycles. The summed E-state index contributed by atoms with van der Waals surface area (Å²) in [5.41, 5.74) is 11.0. The molecular weight excluding hydrogens is 302 g/mol. The number of fused-ring (bicyclic) bond motifs is 1. The number of aromatic nitrogens is 2. The fraction of sp³-hybridized carbons (Fsp3) is 0.133. The van der Waals surface area contributed by atoms with Gasteiger partial charge in [0.25, 0.3) is 0 Å². The summed E-state index contributed by atoms with van der Waals surface area (Å²) in [6.07, 6.45) is 1.02. The van der Waals surface area contributed by atoms with Gasteiger partial charge in [0, 0.05) is 15.7 Å². The van der Waals surface area contributed by atoms with Crippen molar-refractivity contribution in [1.29, 1.82) is 0 Å². The summed E-state index contributed by atoms with van der Waals surface area (Å²) in [4.78, 5) is 7.95. The number of nitrogen functional groups attached to an aromatic ring is 1. The van der Waals surface area contributed by atoms with Crippen molar-refractivity contribution in [3.05, 3.63) is 46.4 Å². The summed E-state index contributed by atoms with van der Waals surface area (Å²) < 4.78 is 0.992. The standard InChI is InChI=1S/C15H14BrN3/c1-2-9-3-6-13-14(7-9)19-15(18-13)11-8-10(16)4-5-12(11)17/h3-8H,2,17H2,1H3,(H,18,19). The second kappa shape index (κ2) is 4.70. The Kier molecular flexibility index (Phi) is 3.03. The lowest BCUT2D eigenvalue weighted by Gasteiger charge is -2.02. The SMILES string of the molecule is CCc1ccc2nc(-c3cc(Br)ccc3N)[nH]c2c1. The third kappa shape index (κ3) is 2.24. The molecule has 0 aliphatic heterocycles. The molecule has 1 aromatic heterocycles. The van der Waals surface area contributed by atoms with Crippen LogP contribution in [0.4, 0.5) is 5.69 Å². The minimum Gasteiger partial charge on any atom is -0.398 e. The van der Waals surface area contributed by atoms with Crippen LogP contribution in [-0.4, -0.2) is 9.97 Å². The van der Waals surface area contributed by atoms with Gasteiger partial charge in [0.2, 0.25) is 0 Å². The second-order valence-corrected chi connectivity index (χ2v) is 5.44. The molecule has 0 spiro atoms. The first-order valence-electron chi connectivity index (χ1n) is 6.21. The number of halogens is 1. The Labute approximate surface area is 120 Å². The quantitative estimate of drug-likeness (QED) is 0.698. The van der Waals surface area contributed by atoms with Crippen LogP contribution in [0.5, 0.6) is 0 Å². The molecule has 0 aliphatic carbocycles. The topological polar surface area (TPSA) is 54.7 Å². The van der Waals surface area contributed by atoms with Gasteiger partial charge in [-0.3, -0.25) is 0 Å². The van der Waals surface area contributed by atoms with Crippen molar-refractivity contribution in [2.24, 2.45) is 0 Å². The summed E-state index contributed by atoms with van der Waals surface area (Å²) in [6.45, 7) is 2.14. The normalized spacial score (nSPS) is 11.1. The van der Waals surface area contributed by atoms with Crippen LogP contribution in [0.1, 0.15) is 12.5 Å². The van der Waals surface area contributed by atoms with Crippen LogP contribution in [0, 0.1) is 0 Å². The summed E-state index contributed by atoms with van der Waals surface area (Å²) in [5.74, 6) is 0.807. The molecule has 3 nitrogen and oxygen atoms in total. The average Bonchev–Trinajstić information content (AvgIpc) is 2.83. The number of imidazole rings is 1. The van der Waals surface area contributed by atoms with E-state index in [0.717, 1.165) is 39.0 Å². The smallest absolute Gasteiger partial charge is 0.140 e. The summed E-state index contributed by atoms with van der Waals surface area (Å²) in [6, 6.07) is 12.1. The zero-order valence-electron chi connectivity index (χ0n) is 10.6. The molecule has 4 heteroatoms. The summed E-state index contributed by atoms with van der Waals surface area (Å²) in [7, 11) is 0. The van der Waals surface area contributed by atoms with Gasteiger partial charge in [0.05, 0.1) is 11.0 Å². The molecule has 0 bridgehead atoms.